The quantitative estimate of drug-likeness (QED) is 0.187. The van der Waals surface area contributed by atoms with Gasteiger partial charge in [0.25, 0.3) is 0 Å². The second-order valence-corrected chi connectivity index (χ2v) is 15.3. The van der Waals surface area contributed by atoms with Gasteiger partial charge < -0.3 is 21.5 Å². The molecule has 1 unspecified atom stereocenters. The molecule has 4 fully saturated rings. The van der Waals surface area contributed by atoms with E-state index in [-0.39, 0.29) is 6.10 Å². The van der Waals surface area contributed by atoms with Gasteiger partial charge in [0.2, 0.25) is 0 Å². The fourth-order valence-electron chi connectivity index (χ4n) is 10.5. The molecule has 4 nitrogen and oxygen atoms in total. The Bertz CT molecular complexity index is 714. The van der Waals surface area contributed by atoms with E-state index in [9.17, 15) is 5.11 Å². The van der Waals surface area contributed by atoms with Crippen LogP contribution in [0.1, 0.15) is 125 Å². The molecular weight excluding hydrogens is 466 g/mol. The van der Waals surface area contributed by atoms with Gasteiger partial charge in [-0.25, -0.2) is 0 Å². The summed E-state index contributed by atoms with van der Waals surface area (Å²) < 4.78 is 0. The lowest BCUT2D eigenvalue weighted by atomic mass is 9.43. The third-order valence-electron chi connectivity index (χ3n) is 12.6. The monoisotopic (exact) mass is 532 g/mol. The molecule has 0 saturated heterocycles. The maximum Gasteiger partial charge on any atom is 0.0543 e. The van der Waals surface area contributed by atoms with Gasteiger partial charge in [-0.2, -0.15) is 0 Å². The molecule has 4 aliphatic rings. The van der Waals surface area contributed by atoms with Crippen LogP contribution in [0.3, 0.4) is 0 Å². The van der Waals surface area contributed by atoms with Crippen LogP contribution in [0.2, 0.25) is 0 Å². The van der Waals surface area contributed by atoms with E-state index in [0.29, 0.717) is 22.8 Å². The Morgan fingerprint density at radius 1 is 0.816 bits per heavy atom. The maximum absolute atomic E-state index is 10.6. The number of nitrogens with two attached hydrogens (primary N) is 1. The van der Waals surface area contributed by atoms with Crippen LogP contribution in [0, 0.1) is 52.3 Å². The largest absolute Gasteiger partial charge is 0.393 e. The smallest absolute Gasteiger partial charge is 0.0543 e. The summed E-state index contributed by atoms with van der Waals surface area (Å²) in [7, 11) is 0. The lowest BCUT2D eigenvalue weighted by molar-refractivity contribution is -0.142. The van der Waals surface area contributed by atoms with Crippen molar-refractivity contribution in [2.24, 2.45) is 58.0 Å². The van der Waals surface area contributed by atoms with Gasteiger partial charge in [0, 0.05) is 6.04 Å². The van der Waals surface area contributed by atoms with Crippen molar-refractivity contribution < 1.29 is 5.11 Å². The molecule has 4 aliphatic carbocycles. The van der Waals surface area contributed by atoms with E-state index < -0.39 is 0 Å². The predicted octanol–water partition coefficient (Wildman–Crippen LogP) is 6.76. The molecule has 0 bridgehead atoms. The Morgan fingerprint density at radius 3 is 2.32 bits per heavy atom. The Morgan fingerprint density at radius 2 is 1.55 bits per heavy atom. The SMILES string of the molecule is CC(C)CCC[C@@H](C)[C@H]1CC[C@H]2[C@@H]3[C@H](NCCCNCCCCN)CC4C[C@@H](O)CC[C@]4(C)[C@H]3CC[C@]12C. The number of unbranched alkanes of at least 4 members (excludes halogenated alkanes) is 1. The molecule has 4 rings (SSSR count). The third kappa shape index (κ3) is 6.66. The number of aliphatic hydroxyl groups excluding tert-OH is 1. The second kappa shape index (κ2) is 13.7. The highest BCUT2D eigenvalue weighted by Gasteiger charge is 2.62. The van der Waals surface area contributed by atoms with Gasteiger partial charge in [-0.1, -0.05) is 53.9 Å². The molecule has 0 aliphatic heterocycles. The minimum Gasteiger partial charge on any atom is -0.393 e. The molecule has 0 amide bonds. The zero-order chi connectivity index (χ0) is 27.3. The average molecular weight is 532 g/mol. The van der Waals surface area contributed by atoms with E-state index in [1.807, 2.05) is 0 Å². The molecule has 0 radical (unpaired) electrons. The number of hydrogen-bond donors (Lipinski definition) is 4. The summed E-state index contributed by atoms with van der Waals surface area (Å²) in [6.45, 7) is 16.9. The van der Waals surface area contributed by atoms with E-state index in [1.165, 1.54) is 70.6 Å². The highest BCUT2D eigenvalue weighted by atomic mass is 16.3. The highest BCUT2D eigenvalue weighted by Crippen LogP contribution is 2.68. The van der Waals surface area contributed by atoms with Crippen LogP contribution in [0.15, 0.2) is 0 Å². The minimum absolute atomic E-state index is 0.0700. The molecule has 0 aromatic heterocycles. The highest BCUT2D eigenvalue weighted by molar-refractivity contribution is 5.13. The number of nitrogens with one attached hydrogen (secondary N) is 2. The van der Waals surface area contributed by atoms with Crippen molar-refractivity contribution in [3.8, 4) is 0 Å². The lowest BCUT2D eigenvalue weighted by Crippen LogP contribution is -2.61. The van der Waals surface area contributed by atoms with Crippen LogP contribution >= 0.6 is 0 Å². The number of fused-ring (bicyclic) bond motifs is 5. The molecule has 4 heteroatoms. The number of hydrogen-bond acceptors (Lipinski definition) is 4. The van der Waals surface area contributed by atoms with Crippen LogP contribution in [0.4, 0.5) is 0 Å². The summed E-state index contributed by atoms with van der Waals surface area (Å²) in [5.41, 5.74) is 6.61. The molecule has 0 aromatic carbocycles. The van der Waals surface area contributed by atoms with Gasteiger partial charge in [-0.3, -0.25) is 0 Å². The summed E-state index contributed by atoms with van der Waals surface area (Å²) in [5, 5.41) is 18.4. The van der Waals surface area contributed by atoms with E-state index >= 15 is 0 Å². The van der Waals surface area contributed by atoms with E-state index in [4.69, 9.17) is 5.73 Å². The Kier molecular flexibility index (Phi) is 11.1. The van der Waals surface area contributed by atoms with Gasteiger partial charge in [0.1, 0.15) is 0 Å². The Hall–Kier alpha value is -0.160. The predicted molar refractivity (Wildman–Crippen MR) is 162 cm³/mol. The molecule has 10 atom stereocenters. The number of aliphatic hydroxyl groups is 1. The van der Waals surface area contributed by atoms with Gasteiger partial charge in [-0.05, 0) is 149 Å². The fourth-order valence-corrected chi connectivity index (χ4v) is 10.5. The van der Waals surface area contributed by atoms with Crippen LogP contribution in [0.5, 0.6) is 0 Å². The standard InChI is InChI=1S/C34H65N3O/c1-24(2)10-8-11-25(3)28-12-13-29-32-30(15-17-34(28,29)5)33(4)16-14-27(38)22-26(33)23-31(32)37-21-9-20-36-19-7-6-18-35/h24-32,36-38H,6-23,35H2,1-5H3/t25-,26?,27+,28-,29+,30+,31-,32+,33+,34-/m1/s1. The van der Waals surface area contributed by atoms with Crippen LogP contribution in [-0.2, 0) is 0 Å². The van der Waals surface area contributed by atoms with Crippen molar-refractivity contribution in [1.82, 2.24) is 10.6 Å². The van der Waals surface area contributed by atoms with Crippen molar-refractivity contribution in [2.45, 2.75) is 137 Å². The molecule has 4 saturated carbocycles. The van der Waals surface area contributed by atoms with E-state index in [2.05, 4.69) is 45.3 Å². The molecule has 0 spiro atoms. The van der Waals surface area contributed by atoms with Crippen molar-refractivity contribution in [1.29, 1.82) is 0 Å². The van der Waals surface area contributed by atoms with Gasteiger partial charge in [-0.15, -0.1) is 0 Å². The average Bonchev–Trinajstić information content (AvgIpc) is 3.23. The topological polar surface area (TPSA) is 70.3 Å². The first kappa shape index (κ1) is 30.8. The molecule has 38 heavy (non-hydrogen) atoms. The van der Waals surface area contributed by atoms with Gasteiger partial charge in [0.05, 0.1) is 6.10 Å². The Balaban J connectivity index is 1.44. The zero-order valence-corrected chi connectivity index (χ0v) is 25.9. The van der Waals surface area contributed by atoms with Crippen LogP contribution < -0.4 is 16.4 Å². The van der Waals surface area contributed by atoms with Gasteiger partial charge in [0.15, 0.2) is 0 Å². The van der Waals surface area contributed by atoms with Crippen molar-refractivity contribution in [3.05, 3.63) is 0 Å². The first-order valence-electron chi connectivity index (χ1n) is 17.0. The van der Waals surface area contributed by atoms with E-state index in [1.54, 1.807) is 0 Å². The first-order valence-corrected chi connectivity index (χ1v) is 17.0. The fraction of sp³-hybridized carbons (Fsp3) is 1.00. The molecule has 5 N–H and O–H groups in total. The van der Waals surface area contributed by atoms with Crippen LogP contribution in [-0.4, -0.2) is 43.4 Å². The summed E-state index contributed by atoms with van der Waals surface area (Å²) >= 11 is 0. The first-order chi connectivity index (χ1) is 18.2. The molecular formula is C34H65N3O. The Labute approximate surface area is 236 Å². The van der Waals surface area contributed by atoms with Gasteiger partial charge >= 0.3 is 0 Å². The van der Waals surface area contributed by atoms with Crippen molar-refractivity contribution in [2.75, 3.05) is 26.2 Å². The molecule has 0 aromatic rings. The second-order valence-electron chi connectivity index (χ2n) is 15.3. The van der Waals surface area contributed by atoms with Crippen molar-refractivity contribution in [3.63, 3.8) is 0 Å². The normalized spacial score (nSPS) is 41.5. The minimum atomic E-state index is -0.0700. The lowest BCUT2D eigenvalue weighted by Gasteiger charge is -2.63. The summed E-state index contributed by atoms with van der Waals surface area (Å²) in [6.07, 6.45) is 18.1. The van der Waals surface area contributed by atoms with Crippen LogP contribution in [0.25, 0.3) is 0 Å². The summed E-state index contributed by atoms with van der Waals surface area (Å²) in [4.78, 5) is 0. The number of rotatable bonds is 14. The maximum atomic E-state index is 10.6. The van der Waals surface area contributed by atoms with E-state index in [0.717, 1.165) is 80.9 Å². The summed E-state index contributed by atoms with van der Waals surface area (Å²) in [5.74, 6) is 5.87. The summed E-state index contributed by atoms with van der Waals surface area (Å²) in [6, 6.07) is 0.639. The van der Waals surface area contributed by atoms with Crippen molar-refractivity contribution >= 4 is 0 Å². The molecule has 0 heterocycles. The third-order valence-corrected chi connectivity index (χ3v) is 12.6. The molecule has 222 valence electrons. The zero-order valence-electron chi connectivity index (χ0n) is 25.9.